The second-order valence-corrected chi connectivity index (χ2v) is 6.98. The number of carbonyl (C=O) groups is 1. The van der Waals surface area contributed by atoms with Gasteiger partial charge in [-0.3, -0.25) is 19.5 Å². The molecular formula is C19H23N5O2. The van der Waals surface area contributed by atoms with Gasteiger partial charge in [-0.05, 0) is 51.4 Å². The van der Waals surface area contributed by atoms with Gasteiger partial charge < -0.3 is 9.88 Å². The summed E-state index contributed by atoms with van der Waals surface area (Å²) in [6.07, 6.45) is 4.52. The fourth-order valence-corrected chi connectivity index (χ4v) is 3.80. The topological polar surface area (TPSA) is 82.2 Å². The zero-order valence-electron chi connectivity index (χ0n) is 14.9. The van der Waals surface area contributed by atoms with Gasteiger partial charge in [-0.1, -0.05) is 6.07 Å². The van der Waals surface area contributed by atoms with E-state index in [0.29, 0.717) is 42.3 Å². The van der Waals surface area contributed by atoms with Crippen molar-refractivity contribution >= 4 is 5.91 Å². The van der Waals surface area contributed by atoms with Crippen molar-refractivity contribution in [3.05, 3.63) is 46.0 Å². The lowest BCUT2D eigenvalue weighted by molar-refractivity contribution is -0.137. The molecule has 7 nitrogen and oxygen atoms in total. The summed E-state index contributed by atoms with van der Waals surface area (Å²) in [4.78, 5) is 41.1. The highest BCUT2D eigenvalue weighted by Crippen LogP contribution is 2.20. The number of amides is 1. The van der Waals surface area contributed by atoms with Crippen LogP contribution in [0.3, 0.4) is 0 Å². The number of H-pyrrole nitrogens is 1. The number of aromatic nitrogens is 3. The molecule has 7 heteroatoms. The second kappa shape index (κ2) is 6.99. The van der Waals surface area contributed by atoms with Gasteiger partial charge in [-0.2, -0.15) is 0 Å². The van der Waals surface area contributed by atoms with Gasteiger partial charge in [0.05, 0.1) is 18.3 Å². The molecule has 1 N–H and O–H groups in total. The molecule has 1 fully saturated rings. The Morgan fingerprint density at radius 1 is 1.23 bits per heavy atom. The third-order valence-corrected chi connectivity index (χ3v) is 5.34. The van der Waals surface area contributed by atoms with E-state index >= 15 is 0 Å². The van der Waals surface area contributed by atoms with Crippen LogP contribution in [0, 0.1) is 0 Å². The molecule has 1 atom stereocenters. The summed E-state index contributed by atoms with van der Waals surface area (Å²) in [5.41, 5.74) is 1.86. The van der Waals surface area contributed by atoms with E-state index in [9.17, 15) is 9.59 Å². The van der Waals surface area contributed by atoms with E-state index in [4.69, 9.17) is 0 Å². The minimum Gasteiger partial charge on any atom is -0.335 e. The zero-order chi connectivity index (χ0) is 18.1. The Balaban J connectivity index is 1.58. The SMILES string of the molecule is CC(C(=O)N1CCc2c(nc(-c3ccccn3)[nH]c2=O)C1)N1CCCC1. The number of hydrogen-bond acceptors (Lipinski definition) is 5. The van der Waals surface area contributed by atoms with Crippen molar-refractivity contribution in [2.24, 2.45) is 0 Å². The lowest BCUT2D eigenvalue weighted by atomic mass is 10.1. The van der Waals surface area contributed by atoms with Gasteiger partial charge in [0.1, 0.15) is 5.69 Å². The van der Waals surface area contributed by atoms with Crippen LogP contribution in [-0.2, 0) is 17.8 Å². The Hall–Kier alpha value is -2.54. The fraction of sp³-hybridized carbons (Fsp3) is 0.474. The summed E-state index contributed by atoms with van der Waals surface area (Å²) in [6.45, 7) is 4.90. The Kier molecular flexibility index (Phi) is 4.55. The van der Waals surface area contributed by atoms with Gasteiger partial charge in [0.2, 0.25) is 5.91 Å². The monoisotopic (exact) mass is 353 g/mol. The lowest BCUT2D eigenvalue weighted by Crippen LogP contribution is -2.48. The molecule has 2 aromatic rings. The Labute approximate surface area is 152 Å². The highest BCUT2D eigenvalue weighted by atomic mass is 16.2. The number of likely N-dealkylation sites (tertiary alicyclic amines) is 1. The van der Waals surface area contributed by atoms with Crippen molar-refractivity contribution < 1.29 is 4.79 Å². The third-order valence-electron chi connectivity index (χ3n) is 5.34. The molecule has 2 aliphatic rings. The van der Waals surface area contributed by atoms with Crippen molar-refractivity contribution in [3.8, 4) is 11.5 Å². The molecule has 2 aliphatic heterocycles. The molecule has 0 spiro atoms. The van der Waals surface area contributed by atoms with Crippen molar-refractivity contribution in [2.45, 2.75) is 38.8 Å². The number of rotatable bonds is 3. The Morgan fingerprint density at radius 2 is 2.04 bits per heavy atom. The van der Waals surface area contributed by atoms with E-state index in [2.05, 4.69) is 19.9 Å². The normalized spacial score (nSPS) is 18.6. The first kappa shape index (κ1) is 16.9. The maximum Gasteiger partial charge on any atom is 0.254 e. The molecule has 0 saturated carbocycles. The Bertz CT molecular complexity index is 858. The maximum absolute atomic E-state index is 12.9. The molecule has 2 aromatic heterocycles. The Morgan fingerprint density at radius 3 is 2.77 bits per heavy atom. The zero-order valence-corrected chi connectivity index (χ0v) is 14.9. The summed E-state index contributed by atoms with van der Waals surface area (Å²) in [6, 6.07) is 5.37. The van der Waals surface area contributed by atoms with Crippen LogP contribution >= 0.6 is 0 Å². The van der Waals surface area contributed by atoms with E-state index in [0.717, 1.165) is 25.9 Å². The van der Waals surface area contributed by atoms with Gasteiger partial charge in [0.25, 0.3) is 5.56 Å². The molecule has 1 amide bonds. The maximum atomic E-state index is 12.9. The average molecular weight is 353 g/mol. The van der Waals surface area contributed by atoms with Crippen LogP contribution in [0.2, 0.25) is 0 Å². The minimum absolute atomic E-state index is 0.115. The summed E-state index contributed by atoms with van der Waals surface area (Å²) in [5.74, 6) is 0.579. The van der Waals surface area contributed by atoms with Crippen LogP contribution in [0.25, 0.3) is 11.5 Å². The first-order valence-corrected chi connectivity index (χ1v) is 9.20. The van der Waals surface area contributed by atoms with Crippen molar-refractivity contribution in [1.29, 1.82) is 0 Å². The smallest absolute Gasteiger partial charge is 0.254 e. The standard InChI is InChI=1S/C19H23N5O2/c1-13(23-9-4-5-10-23)19(26)24-11-7-14-16(12-24)21-17(22-18(14)25)15-6-2-3-8-20-15/h2-3,6,8,13H,4-5,7,9-12H2,1H3,(H,21,22,25). The minimum atomic E-state index is -0.129. The quantitative estimate of drug-likeness (QED) is 0.897. The molecule has 0 bridgehead atoms. The van der Waals surface area contributed by atoms with E-state index in [-0.39, 0.29) is 17.5 Å². The van der Waals surface area contributed by atoms with Gasteiger partial charge in [-0.25, -0.2) is 4.98 Å². The summed E-state index contributed by atoms with van der Waals surface area (Å²) in [7, 11) is 0. The molecule has 0 aromatic carbocycles. The summed E-state index contributed by atoms with van der Waals surface area (Å²) >= 11 is 0. The number of aromatic amines is 1. The van der Waals surface area contributed by atoms with Crippen LogP contribution in [-0.4, -0.2) is 56.3 Å². The molecule has 1 saturated heterocycles. The average Bonchev–Trinajstić information content (AvgIpc) is 3.22. The molecule has 4 heterocycles. The predicted molar refractivity (Wildman–Crippen MR) is 97.5 cm³/mol. The second-order valence-electron chi connectivity index (χ2n) is 6.98. The number of pyridine rings is 1. The number of nitrogens with zero attached hydrogens (tertiary/aromatic N) is 4. The largest absolute Gasteiger partial charge is 0.335 e. The highest BCUT2D eigenvalue weighted by Gasteiger charge is 2.31. The molecule has 136 valence electrons. The van der Waals surface area contributed by atoms with E-state index < -0.39 is 0 Å². The van der Waals surface area contributed by atoms with Gasteiger partial charge in [0.15, 0.2) is 5.82 Å². The van der Waals surface area contributed by atoms with E-state index in [1.165, 1.54) is 0 Å². The lowest BCUT2D eigenvalue weighted by Gasteiger charge is -2.33. The van der Waals surface area contributed by atoms with Gasteiger partial charge >= 0.3 is 0 Å². The highest BCUT2D eigenvalue weighted by molar-refractivity contribution is 5.81. The molecule has 4 rings (SSSR count). The van der Waals surface area contributed by atoms with Crippen LogP contribution in [0.1, 0.15) is 31.0 Å². The van der Waals surface area contributed by atoms with Crippen LogP contribution in [0.15, 0.2) is 29.2 Å². The number of fused-ring (bicyclic) bond motifs is 1. The van der Waals surface area contributed by atoms with Crippen LogP contribution in [0.5, 0.6) is 0 Å². The summed E-state index contributed by atoms with van der Waals surface area (Å²) < 4.78 is 0. The van der Waals surface area contributed by atoms with Crippen molar-refractivity contribution in [2.75, 3.05) is 19.6 Å². The van der Waals surface area contributed by atoms with Gasteiger partial charge in [-0.15, -0.1) is 0 Å². The van der Waals surface area contributed by atoms with Crippen LogP contribution in [0.4, 0.5) is 0 Å². The molecule has 1 unspecified atom stereocenters. The van der Waals surface area contributed by atoms with Gasteiger partial charge in [0, 0.05) is 18.3 Å². The number of hydrogen-bond donors (Lipinski definition) is 1. The summed E-state index contributed by atoms with van der Waals surface area (Å²) in [5, 5.41) is 0. The predicted octanol–water partition coefficient (Wildman–Crippen LogP) is 1.20. The van der Waals surface area contributed by atoms with Crippen molar-refractivity contribution in [3.63, 3.8) is 0 Å². The number of nitrogens with one attached hydrogen (secondary N) is 1. The number of carbonyl (C=O) groups excluding carboxylic acids is 1. The van der Waals surface area contributed by atoms with Crippen molar-refractivity contribution in [1.82, 2.24) is 24.8 Å². The van der Waals surface area contributed by atoms with Crippen LogP contribution < -0.4 is 5.56 Å². The molecular weight excluding hydrogens is 330 g/mol. The third kappa shape index (κ3) is 3.14. The van der Waals surface area contributed by atoms with E-state index in [1.807, 2.05) is 30.0 Å². The first-order chi connectivity index (χ1) is 12.6. The van der Waals surface area contributed by atoms with E-state index in [1.54, 1.807) is 6.20 Å². The molecule has 0 radical (unpaired) electrons. The molecule has 0 aliphatic carbocycles. The fourth-order valence-electron chi connectivity index (χ4n) is 3.80. The first-order valence-electron chi connectivity index (χ1n) is 9.20. The molecule has 26 heavy (non-hydrogen) atoms.